The van der Waals surface area contributed by atoms with Crippen molar-refractivity contribution < 1.29 is 14.1 Å². The number of nitrogen functional groups attached to an aromatic ring is 1. The van der Waals surface area contributed by atoms with Crippen LogP contribution in [0.3, 0.4) is 0 Å². The highest BCUT2D eigenvalue weighted by molar-refractivity contribution is 5.92. The maximum atomic E-state index is 11.8. The number of hydrogen-bond acceptors (Lipinski definition) is 5. The molecule has 0 unspecified atom stereocenters. The summed E-state index contributed by atoms with van der Waals surface area (Å²) in [5, 5.41) is 6.42. The Morgan fingerprint density at radius 3 is 2.84 bits per heavy atom. The molecule has 19 heavy (non-hydrogen) atoms. The van der Waals surface area contributed by atoms with Crippen molar-refractivity contribution in [2.75, 3.05) is 12.8 Å². The van der Waals surface area contributed by atoms with Gasteiger partial charge >= 0.3 is 0 Å². The van der Waals surface area contributed by atoms with Gasteiger partial charge in [-0.3, -0.25) is 4.79 Å². The van der Waals surface area contributed by atoms with Crippen LogP contribution in [0.4, 0.5) is 5.69 Å². The number of aromatic nitrogens is 1. The topological polar surface area (TPSA) is 90.4 Å². The molecule has 0 aliphatic heterocycles. The molecule has 0 fully saturated rings. The fourth-order valence-electron chi connectivity index (χ4n) is 1.54. The van der Waals surface area contributed by atoms with Gasteiger partial charge in [0, 0.05) is 25.4 Å². The first-order valence-electron chi connectivity index (χ1n) is 5.76. The molecule has 0 spiro atoms. The van der Waals surface area contributed by atoms with Gasteiger partial charge in [-0.25, -0.2) is 0 Å². The van der Waals surface area contributed by atoms with E-state index in [1.807, 2.05) is 12.1 Å². The second kappa shape index (κ2) is 6.01. The van der Waals surface area contributed by atoms with Crippen LogP contribution in [-0.4, -0.2) is 18.2 Å². The second-order valence-electron chi connectivity index (χ2n) is 4.04. The van der Waals surface area contributed by atoms with Crippen LogP contribution in [0.2, 0.25) is 0 Å². The molecule has 3 N–H and O–H groups in total. The smallest absolute Gasteiger partial charge is 0.273 e. The molecule has 0 aliphatic rings. The molecule has 0 saturated heterocycles. The number of ether oxygens (including phenoxy) is 1. The standard InChI is InChI=1S/C13H15N3O3/c1-18-8-11-6-12(16-19-11)13(17)15-7-9-2-4-10(14)5-3-9/h2-6H,7-8,14H2,1H3,(H,15,17). The largest absolute Gasteiger partial charge is 0.399 e. The molecule has 1 aromatic carbocycles. The minimum Gasteiger partial charge on any atom is -0.399 e. The maximum absolute atomic E-state index is 11.8. The van der Waals surface area contributed by atoms with Gasteiger partial charge < -0.3 is 20.3 Å². The first kappa shape index (κ1) is 13.1. The number of amides is 1. The summed E-state index contributed by atoms with van der Waals surface area (Å²) in [6, 6.07) is 8.84. The average molecular weight is 261 g/mol. The van der Waals surface area contributed by atoms with Crippen molar-refractivity contribution in [3.63, 3.8) is 0 Å². The van der Waals surface area contributed by atoms with Crippen molar-refractivity contribution in [1.29, 1.82) is 0 Å². The van der Waals surface area contributed by atoms with Crippen molar-refractivity contribution in [3.8, 4) is 0 Å². The SMILES string of the molecule is COCc1cc(C(=O)NCc2ccc(N)cc2)no1. The number of carbonyl (C=O) groups is 1. The van der Waals surface area contributed by atoms with E-state index in [2.05, 4.69) is 10.5 Å². The van der Waals surface area contributed by atoms with Crippen LogP contribution in [-0.2, 0) is 17.9 Å². The lowest BCUT2D eigenvalue weighted by molar-refractivity contribution is 0.0941. The molecule has 0 radical (unpaired) electrons. The van der Waals surface area contributed by atoms with Gasteiger partial charge in [-0.1, -0.05) is 17.3 Å². The zero-order valence-electron chi connectivity index (χ0n) is 10.6. The summed E-state index contributed by atoms with van der Waals surface area (Å²) >= 11 is 0. The van der Waals surface area contributed by atoms with Gasteiger partial charge in [0.25, 0.3) is 5.91 Å². The van der Waals surface area contributed by atoms with E-state index in [0.717, 1.165) is 5.56 Å². The lowest BCUT2D eigenvalue weighted by atomic mass is 10.2. The molecule has 2 rings (SSSR count). The third kappa shape index (κ3) is 3.56. The summed E-state index contributed by atoms with van der Waals surface area (Å²) in [7, 11) is 1.55. The Bertz CT molecular complexity index is 549. The Kier molecular flexibility index (Phi) is 4.15. The molecule has 1 aromatic heterocycles. The Morgan fingerprint density at radius 1 is 1.42 bits per heavy atom. The highest BCUT2D eigenvalue weighted by Crippen LogP contribution is 2.07. The minimum absolute atomic E-state index is 0.238. The van der Waals surface area contributed by atoms with Crippen molar-refractivity contribution in [2.45, 2.75) is 13.2 Å². The number of benzene rings is 1. The zero-order valence-corrected chi connectivity index (χ0v) is 10.6. The van der Waals surface area contributed by atoms with E-state index in [4.69, 9.17) is 15.0 Å². The molecule has 0 atom stereocenters. The highest BCUT2D eigenvalue weighted by Gasteiger charge is 2.11. The number of nitrogens with one attached hydrogen (secondary N) is 1. The molecule has 1 heterocycles. The number of methoxy groups -OCH3 is 1. The van der Waals surface area contributed by atoms with Crippen molar-refractivity contribution in [3.05, 3.63) is 47.3 Å². The van der Waals surface area contributed by atoms with Crippen LogP contribution in [0.5, 0.6) is 0 Å². The van der Waals surface area contributed by atoms with Gasteiger partial charge in [0.1, 0.15) is 6.61 Å². The summed E-state index contributed by atoms with van der Waals surface area (Å²) < 4.78 is 9.83. The molecule has 0 saturated carbocycles. The minimum atomic E-state index is -0.289. The molecule has 6 heteroatoms. The van der Waals surface area contributed by atoms with Gasteiger partial charge in [0.05, 0.1) is 0 Å². The molecular weight excluding hydrogens is 246 g/mol. The normalized spacial score (nSPS) is 10.4. The Hall–Kier alpha value is -2.34. The molecule has 0 bridgehead atoms. The summed E-state index contributed by atoms with van der Waals surface area (Å²) in [6.07, 6.45) is 0. The van der Waals surface area contributed by atoms with Gasteiger partial charge in [-0.15, -0.1) is 0 Å². The lowest BCUT2D eigenvalue weighted by Gasteiger charge is -2.03. The van der Waals surface area contributed by atoms with Gasteiger partial charge in [-0.2, -0.15) is 0 Å². The highest BCUT2D eigenvalue weighted by atomic mass is 16.5. The third-order valence-corrected chi connectivity index (χ3v) is 2.51. The summed E-state index contributed by atoms with van der Waals surface area (Å²) in [5.41, 5.74) is 7.47. The monoisotopic (exact) mass is 261 g/mol. The van der Waals surface area contributed by atoms with Crippen LogP contribution in [0, 0.1) is 0 Å². The molecule has 6 nitrogen and oxygen atoms in total. The lowest BCUT2D eigenvalue weighted by Crippen LogP contribution is -2.23. The van der Waals surface area contributed by atoms with Gasteiger partial charge in [-0.05, 0) is 17.7 Å². The van der Waals surface area contributed by atoms with Crippen LogP contribution in [0.25, 0.3) is 0 Å². The Balaban J connectivity index is 1.91. The number of rotatable bonds is 5. The van der Waals surface area contributed by atoms with Crippen molar-refractivity contribution in [1.82, 2.24) is 10.5 Å². The molecule has 2 aromatic rings. The van der Waals surface area contributed by atoms with Gasteiger partial charge in [0.2, 0.25) is 0 Å². The molecule has 0 aliphatic carbocycles. The second-order valence-corrected chi connectivity index (χ2v) is 4.04. The summed E-state index contributed by atoms with van der Waals surface area (Å²) in [4.78, 5) is 11.8. The van der Waals surface area contributed by atoms with Crippen molar-refractivity contribution >= 4 is 11.6 Å². The first-order valence-corrected chi connectivity index (χ1v) is 5.76. The predicted octanol–water partition coefficient (Wildman–Crippen LogP) is 1.33. The van der Waals surface area contributed by atoms with Gasteiger partial charge in [0.15, 0.2) is 11.5 Å². The molecule has 100 valence electrons. The molecular formula is C13H15N3O3. The number of nitrogens with two attached hydrogens (primary N) is 1. The summed E-state index contributed by atoms with van der Waals surface area (Å²) in [5.74, 6) is 0.225. The summed E-state index contributed by atoms with van der Waals surface area (Å²) in [6.45, 7) is 0.698. The van der Waals surface area contributed by atoms with E-state index < -0.39 is 0 Å². The fourth-order valence-corrected chi connectivity index (χ4v) is 1.54. The number of nitrogens with zero attached hydrogens (tertiary/aromatic N) is 1. The van der Waals surface area contributed by atoms with Crippen LogP contribution >= 0.6 is 0 Å². The van der Waals surface area contributed by atoms with Crippen LogP contribution in [0.1, 0.15) is 21.8 Å². The van der Waals surface area contributed by atoms with E-state index in [1.165, 1.54) is 0 Å². The molecule has 1 amide bonds. The number of carbonyl (C=O) groups excluding carboxylic acids is 1. The van der Waals surface area contributed by atoms with E-state index in [0.29, 0.717) is 18.0 Å². The van der Waals surface area contributed by atoms with E-state index >= 15 is 0 Å². The van der Waals surface area contributed by atoms with Crippen molar-refractivity contribution in [2.24, 2.45) is 0 Å². The van der Waals surface area contributed by atoms with E-state index in [9.17, 15) is 4.79 Å². The van der Waals surface area contributed by atoms with Crippen LogP contribution in [0.15, 0.2) is 34.9 Å². The quantitative estimate of drug-likeness (QED) is 0.792. The first-order chi connectivity index (χ1) is 9.19. The Morgan fingerprint density at radius 2 is 2.16 bits per heavy atom. The predicted molar refractivity (Wildman–Crippen MR) is 69.2 cm³/mol. The Labute approximate surface area is 110 Å². The third-order valence-electron chi connectivity index (χ3n) is 2.51. The fraction of sp³-hybridized carbons (Fsp3) is 0.231. The number of anilines is 1. The van der Waals surface area contributed by atoms with E-state index in [-0.39, 0.29) is 18.2 Å². The van der Waals surface area contributed by atoms with Crippen LogP contribution < -0.4 is 11.1 Å². The maximum Gasteiger partial charge on any atom is 0.273 e. The zero-order chi connectivity index (χ0) is 13.7. The number of hydrogen-bond donors (Lipinski definition) is 2. The van der Waals surface area contributed by atoms with E-state index in [1.54, 1.807) is 25.3 Å². The average Bonchev–Trinajstić information content (AvgIpc) is 2.87.